The molecule has 0 saturated carbocycles. The molecule has 0 bridgehead atoms. The van der Waals surface area contributed by atoms with Gasteiger partial charge in [0, 0.05) is 17.2 Å². The van der Waals surface area contributed by atoms with Crippen LogP contribution in [0.4, 0.5) is 5.82 Å². The highest BCUT2D eigenvalue weighted by molar-refractivity contribution is 7.99. The third-order valence-electron chi connectivity index (χ3n) is 5.04. The van der Waals surface area contributed by atoms with Crippen molar-refractivity contribution in [1.29, 1.82) is 0 Å². The molecule has 2 aromatic carbocycles. The zero-order valence-corrected chi connectivity index (χ0v) is 16.9. The van der Waals surface area contributed by atoms with E-state index in [-0.39, 0.29) is 6.04 Å². The highest BCUT2D eigenvalue weighted by atomic mass is 32.2. The lowest BCUT2D eigenvalue weighted by atomic mass is 10.0. The minimum absolute atomic E-state index is 0.177. The first-order valence-electron chi connectivity index (χ1n) is 9.49. The van der Waals surface area contributed by atoms with Crippen LogP contribution < -0.4 is 5.32 Å². The Balaban J connectivity index is 1.73. The Bertz CT molecular complexity index is 1010. The first kappa shape index (κ1) is 18.1. The Morgan fingerprint density at radius 2 is 1.96 bits per heavy atom. The lowest BCUT2D eigenvalue weighted by Crippen LogP contribution is -2.10. The number of fused-ring (bicyclic) bond motifs is 1. The number of hydrogen-bond acceptors (Lipinski definition) is 4. The average molecular weight is 376 g/mol. The predicted molar refractivity (Wildman–Crippen MR) is 117 cm³/mol. The molecule has 0 amide bonds. The van der Waals surface area contributed by atoms with Crippen LogP contribution in [0, 0.1) is 13.8 Å². The fourth-order valence-corrected chi connectivity index (χ4v) is 4.42. The molecule has 0 radical (unpaired) electrons. The van der Waals surface area contributed by atoms with Gasteiger partial charge in [0.1, 0.15) is 11.6 Å². The van der Waals surface area contributed by atoms with Crippen molar-refractivity contribution in [3.05, 3.63) is 71.1 Å². The van der Waals surface area contributed by atoms with Gasteiger partial charge in [-0.1, -0.05) is 42.0 Å². The topological polar surface area (TPSA) is 37.8 Å². The number of benzene rings is 2. The third kappa shape index (κ3) is 4.01. The highest BCUT2D eigenvalue weighted by Gasteiger charge is 2.13. The summed E-state index contributed by atoms with van der Waals surface area (Å²) < 4.78 is 0. The van der Waals surface area contributed by atoms with Gasteiger partial charge < -0.3 is 5.32 Å². The van der Waals surface area contributed by atoms with Gasteiger partial charge in [-0.15, -0.1) is 0 Å². The van der Waals surface area contributed by atoms with Gasteiger partial charge in [-0.2, -0.15) is 11.8 Å². The standard InChI is InChI=1S/C23H25N3S/c1-15-5-4-6-19(13-15)16(2)24-23-21-14-20(18-9-11-27-12-10-18)7-8-22(21)25-17(3)26-23/h4-9,13-14,16H,10-12H2,1-3H3,(H,24,25,26)/t16-/m1/s1. The van der Waals surface area contributed by atoms with Crippen LogP contribution in [-0.4, -0.2) is 21.5 Å². The molecule has 0 spiro atoms. The zero-order valence-electron chi connectivity index (χ0n) is 16.1. The van der Waals surface area contributed by atoms with E-state index >= 15 is 0 Å². The van der Waals surface area contributed by atoms with Gasteiger partial charge in [0.05, 0.1) is 5.52 Å². The average Bonchev–Trinajstić information content (AvgIpc) is 2.68. The van der Waals surface area contributed by atoms with Crippen molar-refractivity contribution in [2.45, 2.75) is 33.2 Å². The minimum atomic E-state index is 0.177. The quantitative estimate of drug-likeness (QED) is 0.612. The maximum atomic E-state index is 4.73. The fraction of sp³-hybridized carbons (Fsp3) is 0.304. The van der Waals surface area contributed by atoms with Gasteiger partial charge in [0.25, 0.3) is 0 Å². The van der Waals surface area contributed by atoms with Crippen molar-refractivity contribution in [2.75, 3.05) is 16.8 Å². The number of rotatable bonds is 4. The van der Waals surface area contributed by atoms with E-state index in [9.17, 15) is 0 Å². The van der Waals surface area contributed by atoms with Crippen LogP contribution >= 0.6 is 11.8 Å². The van der Waals surface area contributed by atoms with Crippen molar-refractivity contribution < 1.29 is 0 Å². The van der Waals surface area contributed by atoms with Crippen LogP contribution in [0.3, 0.4) is 0 Å². The lowest BCUT2D eigenvalue weighted by Gasteiger charge is -2.18. The smallest absolute Gasteiger partial charge is 0.138 e. The summed E-state index contributed by atoms with van der Waals surface area (Å²) in [6.07, 6.45) is 3.48. The number of aromatic nitrogens is 2. The summed E-state index contributed by atoms with van der Waals surface area (Å²) in [5, 5.41) is 4.72. The van der Waals surface area contributed by atoms with Gasteiger partial charge in [-0.3, -0.25) is 0 Å². The van der Waals surface area contributed by atoms with Crippen LogP contribution in [0.5, 0.6) is 0 Å². The molecule has 1 aromatic heterocycles. The number of nitrogens with zero attached hydrogens (tertiary/aromatic N) is 2. The first-order valence-corrected chi connectivity index (χ1v) is 10.6. The Hall–Kier alpha value is -2.33. The molecule has 4 heteroatoms. The van der Waals surface area contributed by atoms with Crippen molar-refractivity contribution in [2.24, 2.45) is 0 Å². The maximum absolute atomic E-state index is 4.73. The van der Waals surface area contributed by atoms with E-state index in [1.54, 1.807) is 0 Å². The highest BCUT2D eigenvalue weighted by Crippen LogP contribution is 2.31. The number of hydrogen-bond donors (Lipinski definition) is 1. The molecular formula is C23H25N3S. The number of thioether (sulfide) groups is 1. The van der Waals surface area contributed by atoms with E-state index in [1.807, 2.05) is 18.7 Å². The molecular weight excluding hydrogens is 350 g/mol. The molecule has 1 atom stereocenters. The van der Waals surface area contributed by atoms with Crippen LogP contribution in [0.2, 0.25) is 0 Å². The minimum Gasteiger partial charge on any atom is -0.363 e. The maximum Gasteiger partial charge on any atom is 0.138 e. The summed E-state index contributed by atoms with van der Waals surface area (Å²) in [4.78, 5) is 9.37. The Morgan fingerprint density at radius 3 is 2.74 bits per heavy atom. The van der Waals surface area contributed by atoms with Crippen molar-refractivity contribution in [1.82, 2.24) is 9.97 Å². The number of allylic oxidation sites excluding steroid dienone is 1. The number of nitrogens with one attached hydrogen (secondary N) is 1. The van der Waals surface area contributed by atoms with E-state index in [0.717, 1.165) is 34.7 Å². The summed E-state index contributed by atoms with van der Waals surface area (Å²) in [6.45, 7) is 6.27. The predicted octanol–water partition coefficient (Wildman–Crippen LogP) is 5.94. The second-order valence-electron chi connectivity index (χ2n) is 7.19. The van der Waals surface area contributed by atoms with Crippen molar-refractivity contribution in [3.8, 4) is 0 Å². The van der Waals surface area contributed by atoms with Crippen LogP contribution in [0.25, 0.3) is 16.5 Å². The molecule has 0 unspecified atom stereocenters. The number of aryl methyl sites for hydroxylation is 2. The molecule has 0 fully saturated rings. The molecule has 1 aliphatic rings. The second kappa shape index (κ2) is 7.73. The molecule has 1 aliphatic heterocycles. The molecule has 3 nitrogen and oxygen atoms in total. The van der Waals surface area contributed by atoms with E-state index in [4.69, 9.17) is 4.98 Å². The molecule has 0 saturated heterocycles. The Morgan fingerprint density at radius 1 is 1.07 bits per heavy atom. The summed E-state index contributed by atoms with van der Waals surface area (Å²) in [6, 6.07) is 15.4. The summed E-state index contributed by atoms with van der Waals surface area (Å²) in [7, 11) is 0. The molecule has 138 valence electrons. The molecule has 27 heavy (non-hydrogen) atoms. The van der Waals surface area contributed by atoms with Gasteiger partial charge in [-0.25, -0.2) is 9.97 Å². The van der Waals surface area contributed by atoms with Crippen molar-refractivity contribution >= 4 is 34.1 Å². The molecule has 4 rings (SSSR count). The van der Waals surface area contributed by atoms with Gasteiger partial charge in [0.15, 0.2) is 0 Å². The Labute approximate surface area is 165 Å². The largest absolute Gasteiger partial charge is 0.363 e. The summed E-state index contributed by atoms with van der Waals surface area (Å²) >= 11 is 2.00. The van der Waals surface area contributed by atoms with E-state index in [2.05, 4.69) is 72.7 Å². The fourth-order valence-electron chi connectivity index (χ4n) is 3.57. The molecule has 2 heterocycles. The third-order valence-corrected chi connectivity index (χ3v) is 5.93. The SMILES string of the molecule is Cc1cccc([C@@H](C)Nc2nc(C)nc3ccc(C4=CCSCC4)cc23)c1. The summed E-state index contributed by atoms with van der Waals surface area (Å²) in [5.41, 5.74) is 6.27. The lowest BCUT2D eigenvalue weighted by molar-refractivity contribution is 0.870. The zero-order chi connectivity index (χ0) is 18.8. The van der Waals surface area contributed by atoms with Crippen LogP contribution in [0.1, 0.15) is 41.9 Å². The Kier molecular flexibility index (Phi) is 5.17. The molecule has 0 aliphatic carbocycles. The van der Waals surface area contributed by atoms with Gasteiger partial charge in [0.2, 0.25) is 0 Å². The molecule has 3 aromatic rings. The first-order chi connectivity index (χ1) is 13.1. The van der Waals surface area contributed by atoms with Crippen LogP contribution in [-0.2, 0) is 0 Å². The van der Waals surface area contributed by atoms with Gasteiger partial charge >= 0.3 is 0 Å². The number of anilines is 1. The molecule has 1 N–H and O–H groups in total. The monoisotopic (exact) mass is 375 g/mol. The van der Waals surface area contributed by atoms with E-state index in [1.165, 1.54) is 28.0 Å². The van der Waals surface area contributed by atoms with Crippen molar-refractivity contribution in [3.63, 3.8) is 0 Å². The van der Waals surface area contributed by atoms with E-state index in [0.29, 0.717) is 0 Å². The normalized spacial score (nSPS) is 15.4. The van der Waals surface area contributed by atoms with E-state index < -0.39 is 0 Å². The van der Waals surface area contributed by atoms with Crippen LogP contribution in [0.15, 0.2) is 48.5 Å². The van der Waals surface area contributed by atoms with Gasteiger partial charge in [-0.05, 0) is 61.8 Å². The summed E-state index contributed by atoms with van der Waals surface area (Å²) in [5.74, 6) is 4.01. The second-order valence-corrected chi connectivity index (χ2v) is 8.34.